The quantitative estimate of drug-likeness (QED) is 0.497. The maximum Gasteiger partial charge on any atom is 0.164 e. The van der Waals surface area contributed by atoms with Crippen LogP contribution in [0.4, 0.5) is 0 Å². The van der Waals surface area contributed by atoms with Gasteiger partial charge in [-0.2, -0.15) is 0 Å². The van der Waals surface area contributed by atoms with Gasteiger partial charge in [0.2, 0.25) is 0 Å². The Morgan fingerprint density at radius 3 is 1.58 bits per heavy atom. The largest absolute Gasteiger partial charge is 0.492 e. The fourth-order valence-electron chi connectivity index (χ4n) is 0.161. The van der Waals surface area contributed by atoms with Crippen molar-refractivity contribution in [1.29, 1.82) is 0 Å². The van der Waals surface area contributed by atoms with Gasteiger partial charge >= 0.3 is 0 Å². The first kappa shape index (κ1) is 17.8. The third-order valence-electron chi connectivity index (χ3n) is 0.533. The first-order valence-corrected chi connectivity index (χ1v) is 2.93. The van der Waals surface area contributed by atoms with Crippen LogP contribution in [0.1, 0.15) is 6.92 Å². The van der Waals surface area contributed by atoms with E-state index in [4.69, 9.17) is 0 Å². The van der Waals surface area contributed by atoms with Crippen molar-refractivity contribution >= 4 is 11.9 Å². The molecule has 0 bridgehead atoms. The van der Waals surface area contributed by atoms with Crippen LogP contribution in [0.2, 0.25) is 0 Å². The maximum atomic E-state index is 9.71. The fraction of sp³-hybridized carbons (Fsp3) is 0.429. The molecule has 12 heavy (non-hydrogen) atoms. The second-order valence-electron chi connectivity index (χ2n) is 1.38. The summed E-state index contributed by atoms with van der Waals surface area (Å²) >= 11 is 0. The molecular formula is C7H12O4Y-2. The Kier molecular flexibility index (Phi) is 19.8. The Hall–Kier alpha value is -0.216. The summed E-state index contributed by atoms with van der Waals surface area (Å²) in [5.41, 5.74) is 0. The van der Waals surface area contributed by atoms with Crippen LogP contribution in [0.3, 0.4) is 0 Å². The van der Waals surface area contributed by atoms with Crippen LogP contribution in [0.15, 0.2) is 0 Å². The Bertz CT molecular complexity index is 125. The van der Waals surface area contributed by atoms with Crippen LogP contribution in [-0.4, -0.2) is 25.7 Å². The van der Waals surface area contributed by atoms with Gasteiger partial charge in [0.05, 0.1) is 13.7 Å². The van der Waals surface area contributed by atoms with Gasteiger partial charge in [0.15, 0.2) is 11.9 Å². The summed E-state index contributed by atoms with van der Waals surface area (Å²) in [4.78, 5) is 19.2. The number of methoxy groups -OCH3 is 1. The summed E-state index contributed by atoms with van der Waals surface area (Å²) in [7, 11) is 1.29. The Labute approximate surface area is 97.9 Å². The van der Waals surface area contributed by atoms with E-state index in [0.717, 1.165) is 0 Å². The van der Waals surface area contributed by atoms with E-state index in [-0.39, 0.29) is 32.7 Å². The molecule has 4 nitrogen and oxygen atoms in total. The molecule has 0 saturated carbocycles. The van der Waals surface area contributed by atoms with E-state index in [0.29, 0.717) is 6.61 Å². The molecule has 0 fully saturated rings. The van der Waals surface area contributed by atoms with Gasteiger partial charge in [0.25, 0.3) is 0 Å². The van der Waals surface area contributed by atoms with Gasteiger partial charge in [-0.15, -0.1) is 0 Å². The van der Waals surface area contributed by atoms with Crippen molar-refractivity contribution < 1.29 is 51.8 Å². The summed E-state index contributed by atoms with van der Waals surface area (Å²) in [6, 6.07) is 0. The molecule has 0 aliphatic carbocycles. The number of hydrogen-bond donors (Lipinski definition) is 0. The third kappa shape index (κ3) is 33.0. The molecule has 0 aromatic heterocycles. The zero-order chi connectivity index (χ0) is 9.28. The van der Waals surface area contributed by atoms with E-state index >= 15 is 0 Å². The Balaban J connectivity index is -0.000000126. The second kappa shape index (κ2) is 13.4. The van der Waals surface area contributed by atoms with Crippen molar-refractivity contribution in [2.24, 2.45) is 0 Å². The van der Waals surface area contributed by atoms with E-state index in [2.05, 4.69) is 23.3 Å². The Morgan fingerprint density at radius 1 is 1.25 bits per heavy atom. The molecule has 0 aromatic carbocycles. The number of rotatable bonds is 1. The molecule has 0 atom stereocenters. The molecule has 0 amide bonds. The van der Waals surface area contributed by atoms with Crippen LogP contribution in [0, 0.1) is 13.8 Å². The normalized spacial score (nSPS) is 6.50. The van der Waals surface area contributed by atoms with Crippen molar-refractivity contribution in [1.82, 2.24) is 0 Å². The van der Waals surface area contributed by atoms with Crippen molar-refractivity contribution in [2.45, 2.75) is 6.92 Å². The summed E-state index contributed by atoms with van der Waals surface area (Å²) in [6.07, 6.45) is 0. The summed E-state index contributed by atoms with van der Waals surface area (Å²) in [5, 5.41) is 0. The zero-order valence-electron chi connectivity index (χ0n) is 7.33. The van der Waals surface area contributed by atoms with E-state index in [1.165, 1.54) is 7.11 Å². The second-order valence-corrected chi connectivity index (χ2v) is 1.38. The van der Waals surface area contributed by atoms with E-state index in [9.17, 15) is 9.59 Å². The van der Waals surface area contributed by atoms with Crippen LogP contribution >= 0.6 is 0 Å². The number of ether oxygens (including phenoxy) is 2. The molecule has 0 heterocycles. The Morgan fingerprint density at radius 2 is 1.58 bits per heavy atom. The van der Waals surface area contributed by atoms with Crippen LogP contribution < -0.4 is 0 Å². The molecule has 1 radical (unpaired) electrons. The van der Waals surface area contributed by atoms with Gasteiger partial charge in [-0.05, 0) is 6.92 Å². The van der Waals surface area contributed by atoms with E-state index < -0.39 is 11.9 Å². The predicted octanol–water partition coefficient (Wildman–Crippen LogP) is 0.375. The molecule has 0 aromatic rings. The van der Waals surface area contributed by atoms with Crippen molar-refractivity contribution in [3.05, 3.63) is 13.8 Å². The average molecular weight is 249 g/mol. The average Bonchev–Trinajstić information content (AvgIpc) is 1.89. The summed E-state index contributed by atoms with van der Waals surface area (Å²) in [6.45, 7) is 8.02. The number of hydrogen-bond acceptors (Lipinski definition) is 4. The zero-order valence-corrected chi connectivity index (χ0v) is 10.2. The van der Waals surface area contributed by atoms with Crippen molar-refractivity contribution in [3.8, 4) is 0 Å². The molecule has 0 saturated heterocycles. The first-order valence-electron chi connectivity index (χ1n) is 2.93. The molecule has 0 unspecified atom stereocenters. The third-order valence-corrected chi connectivity index (χ3v) is 0.533. The standard InChI is InChI=1S/C4H7O2.C3H5O2.Y/c1-3-6-4(2)5;1-3(4)5-2;/h2-3H2,1H3;1H2,2H3;/q2*-1;. The van der Waals surface area contributed by atoms with Gasteiger partial charge in [-0.1, -0.05) is 0 Å². The molecule has 0 N–H and O–H groups in total. The molecular weight excluding hydrogens is 237 g/mol. The van der Waals surface area contributed by atoms with Gasteiger partial charge < -0.3 is 9.47 Å². The summed E-state index contributed by atoms with van der Waals surface area (Å²) in [5.74, 6) is -0.956. The molecule has 0 spiro atoms. The number of carbonyl (C=O) groups is 2. The number of carbonyl (C=O) groups excluding carboxylic acids is 2. The van der Waals surface area contributed by atoms with E-state index in [1.54, 1.807) is 6.92 Å². The minimum atomic E-state index is -0.495. The fourth-order valence-corrected chi connectivity index (χ4v) is 0.161. The molecule has 0 aliphatic heterocycles. The van der Waals surface area contributed by atoms with Crippen LogP contribution in [0.25, 0.3) is 0 Å². The van der Waals surface area contributed by atoms with Crippen molar-refractivity contribution in [3.63, 3.8) is 0 Å². The molecule has 0 rings (SSSR count). The van der Waals surface area contributed by atoms with Crippen LogP contribution in [0.5, 0.6) is 0 Å². The molecule has 5 heteroatoms. The summed E-state index contributed by atoms with van der Waals surface area (Å²) < 4.78 is 8.29. The first-order chi connectivity index (χ1) is 5.04. The van der Waals surface area contributed by atoms with E-state index in [1.807, 2.05) is 0 Å². The maximum absolute atomic E-state index is 9.71. The van der Waals surface area contributed by atoms with Gasteiger partial charge in [0.1, 0.15) is 0 Å². The smallest absolute Gasteiger partial charge is 0.164 e. The van der Waals surface area contributed by atoms with Crippen LogP contribution in [-0.2, 0) is 51.8 Å². The monoisotopic (exact) mass is 249 g/mol. The van der Waals surface area contributed by atoms with Crippen molar-refractivity contribution in [2.75, 3.05) is 13.7 Å². The van der Waals surface area contributed by atoms with Gasteiger partial charge in [-0.3, -0.25) is 23.4 Å². The van der Waals surface area contributed by atoms with Gasteiger partial charge in [0, 0.05) is 32.7 Å². The molecule has 69 valence electrons. The van der Waals surface area contributed by atoms with Gasteiger partial charge in [-0.25, -0.2) is 0 Å². The SMILES string of the molecule is [CH2-]C(=O)OC.[CH2-]C(=O)OCC.[Y]. The topological polar surface area (TPSA) is 52.6 Å². The minimum absolute atomic E-state index is 0. The predicted molar refractivity (Wildman–Crippen MR) is 39.4 cm³/mol. The number of esters is 2. The minimum Gasteiger partial charge on any atom is -0.492 e. The molecule has 0 aliphatic rings.